The van der Waals surface area contributed by atoms with E-state index in [1.54, 1.807) is 0 Å². The third kappa shape index (κ3) is 5.33. The molecule has 53 heavy (non-hydrogen) atoms. The van der Waals surface area contributed by atoms with Crippen LogP contribution in [-0.2, 0) is 0 Å². The first-order chi connectivity index (χ1) is 26.3. The van der Waals surface area contributed by atoms with Crippen LogP contribution in [0.4, 0.5) is 0 Å². The minimum absolute atomic E-state index is 0.348. The lowest BCUT2D eigenvalue weighted by Gasteiger charge is -2.31. The van der Waals surface area contributed by atoms with Gasteiger partial charge in [-0.05, 0) is 102 Å². The Balaban J connectivity index is 1.21. The van der Waals surface area contributed by atoms with E-state index in [0.717, 1.165) is 47.0 Å². The second-order valence-electron chi connectivity index (χ2n) is 14.7. The van der Waals surface area contributed by atoms with E-state index in [0.29, 0.717) is 23.7 Å². The summed E-state index contributed by atoms with van der Waals surface area (Å²) in [6.07, 6.45) is 7.05. The Labute approximate surface area is 312 Å². The molecule has 5 aliphatic rings. The van der Waals surface area contributed by atoms with Gasteiger partial charge in [-0.15, -0.1) is 0 Å². The number of allylic oxidation sites excluding steroid dienone is 2. The van der Waals surface area contributed by atoms with Crippen molar-refractivity contribution in [3.63, 3.8) is 0 Å². The van der Waals surface area contributed by atoms with Gasteiger partial charge in [-0.2, -0.15) is 0 Å². The summed E-state index contributed by atoms with van der Waals surface area (Å²) in [5.41, 5.74) is 2.12. The van der Waals surface area contributed by atoms with Gasteiger partial charge < -0.3 is 18.9 Å². The van der Waals surface area contributed by atoms with Gasteiger partial charge in [0.05, 0.1) is 0 Å². The minimum Gasteiger partial charge on any atom is -0.451 e. The molecule has 0 spiro atoms. The molecular formula is C47H38O4P2. The molecule has 6 heteroatoms. The zero-order chi connectivity index (χ0) is 34.9. The molecule has 2 unspecified atom stereocenters. The van der Waals surface area contributed by atoms with Gasteiger partial charge in [0.1, 0.15) is 0 Å². The predicted octanol–water partition coefficient (Wildman–Crippen LogP) is 8.30. The van der Waals surface area contributed by atoms with Crippen LogP contribution in [0, 0.1) is 23.7 Å². The van der Waals surface area contributed by atoms with Crippen molar-refractivity contribution in [3.8, 4) is 34.1 Å². The SMILES string of the molecule is C1=C[C@H]2C[C@@H]1C1C[C@@H]3Oc4ccc(P(c5ccccc5)c5ccccc5)c(c4O3)-c3c(P(c4ccccc4)c4ccccc4)ccc4c3O[C@@H](CC12)O4. The molecule has 1 fully saturated rings. The number of hydrogen-bond acceptors (Lipinski definition) is 4. The lowest BCUT2D eigenvalue weighted by Crippen LogP contribution is -2.33. The Bertz CT molecular complexity index is 2090. The van der Waals surface area contributed by atoms with Gasteiger partial charge in [0.15, 0.2) is 23.0 Å². The molecule has 0 amide bonds. The van der Waals surface area contributed by atoms with Crippen LogP contribution >= 0.6 is 15.8 Å². The Morgan fingerprint density at radius 1 is 0.377 bits per heavy atom. The third-order valence-electron chi connectivity index (χ3n) is 11.7. The van der Waals surface area contributed by atoms with Crippen molar-refractivity contribution in [1.82, 2.24) is 0 Å². The summed E-state index contributed by atoms with van der Waals surface area (Å²) in [5, 5.41) is 7.55. The van der Waals surface area contributed by atoms with Crippen LogP contribution in [-0.4, -0.2) is 12.6 Å². The number of fused-ring (bicyclic) bond motifs is 8. The number of hydrogen-bond donors (Lipinski definition) is 0. The summed E-state index contributed by atoms with van der Waals surface area (Å²) in [6, 6.07) is 52.7. The monoisotopic (exact) mass is 728 g/mol. The Kier molecular flexibility index (Phi) is 7.70. The fourth-order valence-corrected chi connectivity index (χ4v) is 14.4. The van der Waals surface area contributed by atoms with Crippen molar-refractivity contribution in [1.29, 1.82) is 0 Å². The van der Waals surface area contributed by atoms with E-state index in [1.807, 2.05) is 0 Å². The maximum atomic E-state index is 7.17. The van der Waals surface area contributed by atoms with Crippen molar-refractivity contribution >= 4 is 47.7 Å². The standard InChI is InChI=1S/C47H38O4P2/c1-5-13-32(14-6-1)52(33-15-7-2-8-16-33)40-25-23-38-46-44(40)45-41(53(34-17-9-3-10-18-34)35-19-11-4-12-20-35)26-24-39-47(45)51-43(49-39)29-37-31-22-21-30(27-31)36(37)28-42(48-38)50-46/h1-26,30-31,36-37,42-43H,27-29H2/t30-,31+,36?,37?,42-,43+. The smallest absolute Gasteiger partial charge is 0.241 e. The summed E-state index contributed by atoms with van der Waals surface area (Å²) >= 11 is 0. The third-order valence-corrected chi connectivity index (χ3v) is 16.7. The van der Waals surface area contributed by atoms with Gasteiger partial charge >= 0.3 is 0 Å². The molecule has 6 atom stereocenters. The second-order valence-corrected chi connectivity index (χ2v) is 19.0. The molecule has 0 aromatic heterocycles. The summed E-state index contributed by atoms with van der Waals surface area (Å²) in [7, 11) is -2.02. The first-order valence-corrected chi connectivity index (χ1v) is 21.4. The topological polar surface area (TPSA) is 36.9 Å². The molecule has 6 aromatic carbocycles. The summed E-state index contributed by atoms with van der Waals surface area (Å²) in [4.78, 5) is 0. The van der Waals surface area contributed by atoms with Gasteiger partial charge in [-0.1, -0.05) is 133 Å². The van der Waals surface area contributed by atoms with E-state index >= 15 is 0 Å². The molecule has 4 nitrogen and oxygen atoms in total. The van der Waals surface area contributed by atoms with E-state index in [4.69, 9.17) is 18.9 Å². The highest BCUT2D eigenvalue weighted by Crippen LogP contribution is 2.58. The van der Waals surface area contributed by atoms with E-state index < -0.39 is 15.8 Å². The summed E-state index contributed by atoms with van der Waals surface area (Å²) in [5.74, 6) is 5.23. The molecule has 0 radical (unpaired) electrons. The van der Waals surface area contributed by atoms with Crippen molar-refractivity contribution in [3.05, 3.63) is 158 Å². The summed E-state index contributed by atoms with van der Waals surface area (Å²) < 4.78 is 28.0. The van der Waals surface area contributed by atoms with Gasteiger partial charge in [0.25, 0.3) is 0 Å². The van der Waals surface area contributed by atoms with Crippen molar-refractivity contribution in [2.24, 2.45) is 23.7 Å². The van der Waals surface area contributed by atoms with Crippen LogP contribution in [0.1, 0.15) is 19.3 Å². The Morgan fingerprint density at radius 3 is 1.09 bits per heavy atom. The van der Waals surface area contributed by atoms with E-state index in [2.05, 4.69) is 158 Å². The number of rotatable bonds is 6. The molecule has 3 aliphatic heterocycles. The molecule has 3 heterocycles. The van der Waals surface area contributed by atoms with Gasteiger partial charge in [0.2, 0.25) is 12.6 Å². The van der Waals surface area contributed by atoms with Crippen molar-refractivity contribution < 1.29 is 18.9 Å². The van der Waals surface area contributed by atoms with Crippen LogP contribution in [0.25, 0.3) is 11.1 Å². The van der Waals surface area contributed by atoms with E-state index in [-0.39, 0.29) is 12.6 Å². The average Bonchev–Trinajstić information content (AvgIpc) is 4.01. The van der Waals surface area contributed by atoms with E-state index in [1.165, 1.54) is 38.2 Å². The van der Waals surface area contributed by atoms with Crippen LogP contribution in [0.15, 0.2) is 158 Å². The highest BCUT2D eigenvalue weighted by molar-refractivity contribution is 7.80. The zero-order valence-electron chi connectivity index (χ0n) is 29.1. The Hall–Kier alpha value is -4.88. The molecule has 2 aliphatic carbocycles. The molecular weight excluding hydrogens is 690 g/mol. The minimum atomic E-state index is -1.01. The number of ether oxygens (including phenoxy) is 4. The fourth-order valence-electron chi connectivity index (χ4n) is 9.50. The first-order valence-electron chi connectivity index (χ1n) is 18.8. The molecule has 0 saturated heterocycles. The molecule has 11 rings (SSSR count). The first kappa shape index (κ1) is 31.6. The van der Waals surface area contributed by atoms with Crippen LogP contribution in [0.2, 0.25) is 0 Å². The van der Waals surface area contributed by atoms with Crippen molar-refractivity contribution in [2.75, 3.05) is 0 Å². The Morgan fingerprint density at radius 2 is 0.736 bits per heavy atom. The zero-order valence-corrected chi connectivity index (χ0v) is 30.9. The second kappa shape index (κ2) is 12.9. The van der Waals surface area contributed by atoms with Crippen molar-refractivity contribution in [2.45, 2.75) is 31.8 Å². The van der Waals surface area contributed by atoms with Gasteiger partial charge in [-0.3, -0.25) is 0 Å². The van der Waals surface area contributed by atoms with Crippen LogP contribution < -0.4 is 50.8 Å². The van der Waals surface area contributed by atoms with Gasteiger partial charge in [0, 0.05) is 24.0 Å². The maximum absolute atomic E-state index is 7.17. The molecule has 6 bridgehead atoms. The lowest BCUT2D eigenvalue weighted by atomic mass is 9.79. The van der Waals surface area contributed by atoms with Crippen LogP contribution in [0.5, 0.6) is 23.0 Å². The largest absolute Gasteiger partial charge is 0.451 e. The van der Waals surface area contributed by atoms with Gasteiger partial charge in [-0.25, -0.2) is 0 Å². The summed E-state index contributed by atoms with van der Waals surface area (Å²) in [6.45, 7) is 0. The molecule has 0 N–H and O–H groups in total. The number of benzene rings is 6. The lowest BCUT2D eigenvalue weighted by molar-refractivity contribution is -0.00992. The molecule has 1 saturated carbocycles. The molecule has 260 valence electrons. The average molecular weight is 729 g/mol. The van der Waals surface area contributed by atoms with Crippen LogP contribution in [0.3, 0.4) is 0 Å². The normalized spacial score (nSPS) is 24.1. The predicted molar refractivity (Wildman–Crippen MR) is 216 cm³/mol. The highest BCUT2D eigenvalue weighted by atomic mass is 31.1. The fraction of sp³-hybridized carbons (Fsp3) is 0.191. The van der Waals surface area contributed by atoms with E-state index in [9.17, 15) is 0 Å². The highest BCUT2D eigenvalue weighted by Gasteiger charge is 2.49. The quantitative estimate of drug-likeness (QED) is 0.128. The maximum Gasteiger partial charge on any atom is 0.241 e. The molecule has 6 aromatic rings.